The van der Waals surface area contributed by atoms with E-state index in [1.54, 1.807) is 0 Å². The van der Waals surface area contributed by atoms with Crippen molar-refractivity contribution in [1.29, 1.82) is 0 Å². The average molecular weight is 433 g/mol. The van der Waals surface area contributed by atoms with Gasteiger partial charge in [-0.3, -0.25) is 9.69 Å². The van der Waals surface area contributed by atoms with Gasteiger partial charge in [-0.25, -0.2) is 0 Å². The molecule has 1 heterocycles. The van der Waals surface area contributed by atoms with Crippen molar-refractivity contribution in [2.24, 2.45) is 5.92 Å². The third kappa shape index (κ3) is 5.53. The lowest BCUT2D eigenvalue weighted by molar-refractivity contribution is -0.127. The molecule has 1 aliphatic heterocycles. The number of aryl methyl sites for hydroxylation is 2. The number of piperidine rings is 1. The molecular formula is C24H30Cl2N2O. The maximum Gasteiger partial charge on any atom is 0.223 e. The molecule has 0 spiro atoms. The number of benzene rings is 2. The molecule has 3 nitrogen and oxygen atoms in total. The van der Waals surface area contributed by atoms with E-state index in [1.165, 1.54) is 16.7 Å². The van der Waals surface area contributed by atoms with Gasteiger partial charge < -0.3 is 5.32 Å². The van der Waals surface area contributed by atoms with E-state index < -0.39 is 0 Å². The van der Waals surface area contributed by atoms with Crippen molar-refractivity contribution in [3.63, 3.8) is 0 Å². The number of nitrogens with zero attached hydrogens (tertiary/aromatic N) is 1. The van der Waals surface area contributed by atoms with Crippen molar-refractivity contribution < 1.29 is 4.79 Å². The Morgan fingerprint density at radius 3 is 2.38 bits per heavy atom. The maximum absolute atomic E-state index is 12.9. The second-order valence-corrected chi connectivity index (χ2v) is 8.89. The lowest BCUT2D eigenvalue weighted by Gasteiger charge is -2.32. The molecule has 29 heavy (non-hydrogen) atoms. The molecule has 1 amide bonds. The number of carbonyl (C=O) groups excluding carboxylic acids is 1. The van der Waals surface area contributed by atoms with Crippen LogP contribution < -0.4 is 5.32 Å². The van der Waals surface area contributed by atoms with Crippen LogP contribution in [0.4, 0.5) is 0 Å². The third-order valence-corrected chi connectivity index (χ3v) is 6.64. The maximum atomic E-state index is 12.9. The van der Waals surface area contributed by atoms with Crippen LogP contribution in [-0.4, -0.2) is 23.9 Å². The molecule has 0 aromatic heterocycles. The van der Waals surface area contributed by atoms with Gasteiger partial charge in [0.15, 0.2) is 0 Å². The third-order valence-electron chi connectivity index (χ3n) is 5.93. The second kappa shape index (κ2) is 9.97. The fraction of sp³-hybridized carbons (Fsp3) is 0.458. The highest BCUT2D eigenvalue weighted by Crippen LogP contribution is 2.28. The number of carbonyl (C=O) groups is 1. The van der Waals surface area contributed by atoms with E-state index in [-0.39, 0.29) is 17.9 Å². The molecule has 5 heteroatoms. The van der Waals surface area contributed by atoms with Crippen LogP contribution in [0.15, 0.2) is 36.4 Å². The summed E-state index contributed by atoms with van der Waals surface area (Å²) in [5, 5.41) is 4.71. The molecule has 1 fully saturated rings. The summed E-state index contributed by atoms with van der Waals surface area (Å²) in [6.45, 7) is 8.82. The van der Waals surface area contributed by atoms with Crippen molar-refractivity contribution in [1.82, 2.24) is 10.2 Å². The highest BCUT2D eigenvalue weighted by atomic mass is 35.5. The van der Waals surface area contributed by atoms with Gasteiger partial charge in [0.05, 0.1) is 6.04 Å². The Balaban J connectivity index is 1.56. The molecular weight excluding hydrogens is 403 g/mol. The van der Waals surface area contributed by atoms with Gasteiger partial charge in [-0.15, -0.1) is 0 Å². The Hall–Kier alpha value is -1.55. The molecule has 2 aromatic carbocycles. The van der Waals surface area contributed by atoms with E-state index in [0.717, 1.165) is 44.5 Å². The lowest BCUT2D eigenvalue weighted by Crippen LogP contribution is -2.41. The first-order valence-electron chi connectivity index (χ1n) is 10.4. The number of halogens is 2. The molecule has 0 aliphatic carbocycles. The molecule has 1 atom stereocenters. The van der Waals surface area contributed by atoms with Gasteiger partial charge >= 0.3 is 0 Å². The number of hydrogen-bond donors (Lipinski definition) is 1. The zero-order chi connectivity index (χ0) is 21.0. The van der Waals surface area contributed by atoms with Gasteiger partial charge in [0.25, 0.3) is 0 Å². The van der Waals surface area contributed by atoms with Gasteiger partial charge in [-0.2, -0.15) is 0 Å². The van der Waals surface area contributed by atoms with E-state index >= 15 is 0 Å². The minimum atomic E-state index is 0.0628. The minimum absolute atomic E-state index is 0.0628. The molecule has 1 unspecified atom stereocenters. The van der Waals surface area contributed by atoms with Crippen molar-refractivity contribution in [3.8, 4) is 0 Å². The SMILES string of the molecule is CCC(NC(=O)C1CCN(Cc2c(Cl)cccc2Cl)CC1)c1ccc(C)cc1C. The predicted molar refractivity (Wildman–Crippen MR) is 122 cm³/mol. The van der Waals surface area contributed by atoms with E-state index in [2.05, 4.69) is 49.2 Å². The first-order chi connectivity index (χ1) is 13.9. The van der Waals surface area contributed by atoms with Crippen LogP contribution in [0.1, 0.15) is 54.5 Å². The van der Waals surface area contributed by atoms with Crippen LogP contribution in [-0.2, 0) is 11.3 Å². The topological polar surface area (TPSA) is 32.3 Å². The molecule has 0 radical (unpaired) electrons. The predicted octanol–water partition coefficient (Wildman–Crippen LogP) is 6.09. The van der Waals surface area contributed by atoms with Crippen LogP contribution in [0.2, 0.25) is 10.0 Å². The van der Waals surface area contributed by atoms with E-state index in [9.17, 15) is 4.79 Å². The molecule has 1 N–H and O–H groups in total. The Morgan fingerprint density at radius 1 is 1.14 bits per heavy atom. The van der Waals surface area contributed by atoms with Crippen LogP contribution in [0.3, 0.4) is 0 Å². The standard InChI is InChI=1S/C24H30Cl2N2O/c1-4-23(19-9-8-16(2)14-17(19)3)27-24(29)18-10-12-28(13-11-18)15-20-21(25)6-5-7-22(20)26/h5-9,14,18,23H,4,10-13,15H2,1-3H3,(H,27,29). The van der Waals surface area contributed by atoms with Gasteiger partial charge in [0, 0.05) is 28.1 Å². The Labute approximate surface area is 184 Å². The fourth-order valence-electron chi connectivity index (χ4n) is 4.17. The van der Waals surface area contributed by atoms with E-state index in [0.29, 0.717) is 10.0 Å². The molecule has 156 valence electrons. The molecule has 3 rings (SSSR count). The first-order valence-corrected chi connectivity index (χ1v) is 11.2. The molecule has 1 saturated heterocycles. The lowest BCUT2D eigenvalue weighted by atomic mass is 9.93. The summed E-state index contributed by atoms with van der Waals surface area (Å²) < 4.78 is 0. The number of hydrogen-bond acceptors (Lipinski definition) is 2. The second-order valence-electron chi connectivity index (χ2n) is 8.08. The molecule has 0 bridgehead atoms. The monoisotopic (exact) mass is 432 g/mol. The van der Waals surface area contributed by atoms with Gasteiger partial charge in [-0.05, 0) is 69.5 Å². The number of rotatable bonds is 6. The van der Waals surface area contributed by atoms with Gasteiger partial charge in [0.2, 0.25) is 5.91 Å². The van der Waals surface area contributed by atoms with Crippen molar-refractivity contribution in [2.75, 3.05) is 13.1 Å². The summed E-state index contributed by atoms with van der Waals surface area (Å²) in [5.74, 6) is 0.236. The summed E-state index contributed by atoms with van der Waals surface area (Å²) >= 11 is 12.6. The smallest absolute Gasteiger partial charge is 0.223 e. The summed E-state index contributed by atoms with van der Waals surface area (Å²) in [6.07, 6.45) is 2.61. The molecule has 0 saturated carbocycles. The Morgan fingerprint density at radius 2 is 1.79 bits per heavy atom. The van der Waals surface area contributed by atoms with Crippen LogP contribution in [0.25, 0.3) is 0 Å². The first kappa shape index (κ1) is 22.1. The summed E-state index contributed by atoms with van der Waals surface area (Å²) in [4.78, 5) is 15.3. The van der Waals surface area contributed by atoms with Crippen LogP contribution >= 0.6 is 23.2 Å². The summed E-state index contributed by atoms with van der Waals surface area (Å²) in [5.41, 5.74) is 4.68. The number of nitrogens with one attached hydrogen (secondary N) is 1. The van der Waals surface area contributed by atoms with Crippen molar-refractivity contribution in [2.45, 2.75) is 52.6 Å². The van der Waals surface area contributed by atoms with Crippen LogP contribution in [0.5, 0.6) is 0 Å². The average Bonchev–Trinajstić information content (AvgIpc) is 2.70. The Bertz CT molecular complexity index is 840. The summed E-state index contributed by atoms with van der Waals surface area (Å²) in [6, 6.07) is 12.1. The summed E-state index contributed by atoms with van der Waals surface area (Å²) in [7, 11) is 0. The van der Waals surface area contributed by atoms with E-state index in [4.69, 9.17) is 23.2 Å². The highest BCUT2D eigenvalue weighted by molar-refractivity contribution is 6.35. The zero-order valence-corrected chi connectivity index (χ0v) is 19.0. The number of amides is 1. The van der Waals surface area contributed by atoms with Crippen LogP contribution in [0, 0.1) is 19.8 Å². The minimum Gasteiger partial charge on any atom is -0.349 e. The van der Waals surface area contributed by atoms with Gasteiger partial charge in [-0.1, -0.05) is 60.0 Å². The highest BCUT2D eigenvalue weighted by Gasteiger charge is 2.27. The molecule has 2 aromatic rings. The van der Waals surface area contributed by atoms with Gasteiger partial charge in [0.1, 0.15) is 0 Å². The van der Waals surface area contributed by atoms with Crippen molar-refractivity contribution >= 4 is 29.1 Å². The van der Waals surface area contributed by atoms with Crippen molar-refractivity contribution in [3.05, 3.63) is 68.7 Å². The quantitative estimate of drug-likeness (QED) is 0.598. The zero-order valence-electron chi connectivity index (χ0n) is 17.5. The Kier molecular flexibility index (Phi) is 7.61. The number of likely N-dealkylation sites (tertiary alicyclic amines) is 1. The fourth-order valence-corrected chi connectivity index (χ4v) is 4.68. The molecule has 1 aliphatic rings. The van der Waals surface area contributed by atoms with E-state index in [1.807, 2.05) is 18.2 Å². The normalized spacial score (nSPS) is 16.6. The largest absolute Gasteiger partial charge is 0.349 e.